The number of anilines is 1. The van der Waals surface area contributed by atoms with E-state index in [0.29, 0.717) is 11.3 Å². The lowest BCUT2D eigenvalue weighted by atomic mass is 10.1. The maximum Gasteiger partial charge on any atom is 0.257 e. The zero-order valence-electron chi connectivity index (χ0n) is 14.4. The van der Waals surface area contributed by atoms with Gasteiger partial charge >= 0.3 is 0 Å². The summed E-state index contributed by atoms with van der Waals surface area (Å²) in [6.45, 7) is 3.97. The van der Waals surface area contributed by atoms with E-state index in [1.165, 1.54) is 0 Å². The lowest BCUT2D eigenvalue weighted by Crippen LogP contribution is -2.12. The molecule has 0 saturated carbocycles. The van der Waals surface area contributed by atoms with Crippen molar-refractivity contribution in [2.75, 3.05) is 11.1 Å². The molecule has 1 amide bonds. The first-order valence-electron chi connectivity index (χ1n) is 7.95. The van der Waals surface area contributed by atoms with E-state index in [-0.39, 0.29) is 5.91 Å². The first-order valence-corrected chi connectivity index (χ1v) is 8.93. The number of nitrogens with zero attached hydrogens (tertiary/aromatic N) is 4. The Bertz CT molecular complexity index is 889. The highest BCUT2D eigenvalue weighted by Gasteiger charge is 2.11. The first kappa shape index (κ1) is 17.2. The van der Waals surface area contributed by atoms with Gasteiger partial charge in [0, 0.05) is 24.5 Å². The van der Waals surface area contributed by atoms with Crippen LogP contribution in [-0.2, 0) is 7.05 Å². The van der Waals surface area contributed by atoms with Gasteiger partial charge in [-0.2, -0.15) is 0 Å². The molecule has 128 valence electrons. The molecular weight excluding hydrogens is 334 g/mol. The summed E-state index contributed by atoms with van der Waals surface area (Å²) in [5, 5.41) is 12.1. The minimum atomic E-state index is -0.188. The molecule has 7 heteroatoms. The molecule has 3 aromatic rings. The summed E-state index contributed by atoms with van der Waals surface area (Å²) in [6.07, 6.45) is 1.60. The molecule has 0 aliphatic heterocycles. The Hall–Kier alpha value is -2.67. The van der Waals surface area contributed by atoms with Crippen molar-refractivity contribution in [3.05, 3.63) is 54.0 Å². The fourth-order valence-electron chi connectivity index (χ4n) is 2.35. The van der Waals surface area contributed by atoms with Gasteiger partial charge in [0.25, 0.3) is 5.91 Å². The van der Waals surface area contributed by atoms with Crippen molar-refractivity contribution in [3.8, 4) is 11.4 Å². The standard InChI is InChI=1S/C18H19N5OS/c1-4-25-16-9-8-14(11-19-16)18(24)20-15-7-5-6-13(10-15)17-22-21-12(2)23(17)3/h5-11H,4H2,1-3H3,(H,20,24). The van der Waals surface area contributed by atoms with E-state index in [0.717, 1.165) is 28.0 Å². The highest BCUT2D eigenvalue weighted by atomic mass is 32.2. The van der Waals surface area contributed by atoms with Crippen LogP contribution in [0.3, 0.4) is 0 Å². The number of thioether (sulfide) groups is 1. The Morgan fingerprint density at radius 3 is 2.72 bits per heavy atom. The van der Waals surface area contributed by atoms with Gasteiger partial charge in [0.1, 0.15) is 5.82 Å². The number of nitrogens with one attached hydrogen (secondary N) is 1. The molecule has 0 unspecified atom stereocenters. The normalized spacial score (nSPS) is 10.7. The third kappa shape index (κ3) is 3.88. The maximum absolute atomic E-state index is 12.4. The van der Waals surface area contributed by atoms with Crippen molar-refractivity contribution in [1.29, 1.82) is 0 Å². The fraction of sp³-hybridized carbons (Fsp3) is 0.222. The number of aryl methyl sites for hydroxylation is 1. The van der Waals surface area contributed by atoms with Gasteiger partial charge in [-0.1, -0.05) is 19.1 Å². The van der Waals surface area contributed by atoms with Crippen molar-refractivity contribution >= 4 is 23.4 Å². The van der Waals surface area contributed by atoms with Crippen molar-refractivity contribution in [2.45, 2.75) is 18.9 Å². The molecule has 0 radical (unpaired) electrons. The van der Waals surface area contributed by atoms with Crippen LogP contribution in [0.4, 0.5) is 5.69 Å². The predicted octanol–water partition coefficient (Wildman–Crippen LogP) is 3.55. The van der Waals surface area contributed by atoms with Gasteiger partial charge in [-0.25, -0.2) is 4.98 Å². The van der Waals surface area contributed by atoms with Crippen LogP contribution in [0.1, 0.15) is 23.1 Å². The third-order valence-electron chi connectivity index (χ3n) is 3.76. The molecule has 2 aromatic heterocycles. The first-order chi connectivity index (χ1) is 12.1. The summed E-state index contributed by atoms with van der Waals surface area (Å²) in [5.74, 6) is 2.36. The molecule has 0 bridgehead atoms. The van der Waals surface area contributed by atoms with E-state index in [4.69, 9.17) is 0 Å². The lowest BCUT2D eigenvalue weighted by Gasteiger charge is -2.08. The highest BCUT2D eigenvalue weighted by Crippen LogP contribution is 2.22. The fourth-order valence-corrected chi connectivity index (χ4v) is 2.93. The molecule has 0 saturated heterocycles. The van der Waals surface area contributed by atoms with Crippen LogP contribution in [0.15, 0.2) is 47.6 Å². The van der Waals surface area contributed by atoms with Crippen molar-refractivity contribution in [1.82, 2.24) is 19.7 Å². The van der Waals surface area contributed by atoms with Crippen LogP contribution < -0.4 is 5.32 Å². The molecular formula is C18H19N5OS. The van der Waals surface area contributed by atoms with Gasteiger partial charge in [-0.3, -0.25) is 4.79 Å². The molecule has 0 aliphatic rings. The minimum Gasteiger partial charge on any atom is -0.322 e. The summed E-state index contributed by atoms with van der Waals surface area (Å²) < 4.78 is 1.91. The van der Waals surface area contributed by atoms with E-state index < -0.39 is 0 Å². The smallest absolute Gasteiger partial charge is 0.257 e. The number of carbonyl (C=O) groups excluding carboxylic acids is 1. The zero-order chi connectivity index (χ0) is 17.8. The number of amides is 1. The molecule has 1 N–H and O–H groups in total. The molecule has 6 nitrogen and oxygen atoms in total. The molecule has 2 heterocycles. The van der Waals surface area contributed by atoms with Crippen LogP contribution in [0.2, 0.25) is 0 Å². The van der Waals surface area contributed by atoms with Crippen LogP contribution in [0.25, 0.3) is 11.4 Å². The quantitative estimate of drug-likeness (QED) is 0.710. The van der Waals surface area contributed by atoms with Crippen molar-refractivity contribution in [2.24, 2.45) is 7.05 Å². The number of aromatic nitrogens is 4. The average molecular weight is 353 g/mol. The van der Waals surface area contributed by atoms with E-state index >= 15 is 0 Å². The topological polar surface area (TPSA) is 72.7 Å². The lowest BCUT2D eigenvalue weighted by molar-refractivity contribution is 0.102. The Balaban J connectivity index is 1.77. The van der Waals surface area contributed by atoms with Crippen LogP contribution >= 0.6 is 11.8 Å². The second-order valence-corrected chi connectivity index (χ2v) is 6.77. The number of benzene rings is 1. The monoisotopic (exact) mass is 353 g/mol. The maximum atomic E-state index is 12.4. The number of hydrogen-bond acceptors (Lipinski definition) is 5. The number of rotatable bonds is 5. The number of hydrogen-bond donors (Lipinski definition) is 1. The summed E-state index contributed by atoms with van der Waals surface area (Å²) in [5.41, 5.74) is 2.13. The molecule has 0 fully saturated rings. The van der Waals surface area contributed by atoms with Crippen LogP contribution in [0, 0.1) is 6.92 Å². The minimum absolute atomic E-state index is 0.188. The SMILES string of the molecule is CCSc1ccc(C(=O)Nc2cccc(-c3nnc(C)n3C)c2)cn1. The van der Waals surface area contributed by atoms with Gasteiger partial charge in [-0.05, 0) is 36.9 Å². The molecule has 0 spiro atoms. The molecule has 0 atom stereocenters. The van der Waals surface area contributed by atoms with Crippen LogP contribution in [0.5, 0.6) is 0 Å². The van der Waals surface area contributed by atoms with Gasteiger partial charge in [0.15, 0.2) is 5.82 Å². The Kier molecular flexibility index (Phi) is 5.14. The van der Waals surface area contributed by atoms with E-state index in [1.807, 2.05) is 48.9 Å². The highest BCUT2D eigenvalue weighted by molar-refractivity contribution is 7.99. The summed E-state index contributed by atoms with van der Waals surface area (Å²) in [6, 6.07) is 11.2. The summed E-state index contributed by atoms with van der Waals surface area (Å²) in [4.78, 5) is 16.7. The third-order valence-corrected chi connectivity index (χ3v) is 4.59. The van der Waals surface area contributed by atoms with Crippen molar-refractivity contribution in [3.63, 3.8) is 0 Å². The molecule has 3 rings (SSSR count). The largest absolute Gasteiger partial charge is 0.322 e. The molecule has 1 aromatic carbocycles. The van der Waals surface area contributed by atoms with E-state index in [2.05, 4.69) is 27.4 Å². The Morgan fingerprint density at radius 2 is 2.08 bits per heavy atom. The molecule has 25 heavy (non-hydrogen) atoms. The van der Waals surface area contributed by atoms with Gasteiger partial charge in [0.2, 0.25) is 0 Å². The number of carbonyl (C=O) groups is 1. The van der Waals surface area contributed by atoms with E-state index in [1.54, 1.807) is 24.0 Å². The second kappa shape index (κ2) is 7.48. The van der Waals surface area contributed by atoms with Crippen molar-refractivity contribution < 1.29 is 4.79 Å². The Labute approximate surface area is 150 Å². The Morgan fingerprint density at radius 1 is 1.24 bits per heavy atom. The zero-order valence-corrected chi connectivity index (χ0v) is 15.2. The van der Waals surface area contributed by atoms with Crippen LogP contribution in [-0.4, -0.2) is 31.4 Å². The average Bonchev–Trinajstić information content (AvgIpc) is 2.95. The molecule has 0 aliphatic carbocycles. The number of pyridine rings is 1. The van der Waals surface area contributed by atoms with Gasteiger partial charge in [-0.15, -0.1) is 22.0 Å². The predicted molar refractivity (Wildman–Crippen MR) is 99.8 cm³/mol. The van der Waals surface area contributed by atoms with Gasteiger partial charge in [0.05, 0.1) is 10.6 Å². The van der Waals surface area contributed by atoms with Gasteiger partial charge < -0.3 is 9.88 Å². The summed E-state index contributed by atoms with van der Waals surface area (Å²) in [7, 11) is 1.91. The summed E-state index contributed by atoms with van der Waals surface area (Å²) >= 11 is 1.64. The van der Waals surface area contributed by atoms with E-state index in [9.17, 15) is 4.79 Å². The second-order valence-electron chi connectivity index (χ2n) is 5.48.